The van der Waals surface area contributed by atoms with Crippen molar-refractivity contribution >= 4 is 17.2 Å². The SMILES string of the molecule is NC(=S)c1cncc(COCCO)c1. The van der Waals surface area contributed by atoms with Gasteiger partial charge in [0.1, 0.15) is 4.99 Å². The van der Waals surface area contributed by atoms with Crippen molar-refractivity contribution in [2.75, 3.05) is 13.2 Å². The Hall–Kier alpha value is -1.04. The third kappa shape index (κ3) is 3.37. The number of ether oxygens (including phenoxy) is 1. The lowest BCUT2D eigenvalue weighted by atomic mass is 10.2. The van der Waals surface area contributed by atoms with E-state index < -0.39 is 0 Å². The van der Waals surface area contributed by atoms with Crippen LogP contribution in [0.15, 0.2) is 18.5 Å². The number of hydrogen-bond acceptors (Lipinski definition) is 4. The fourth-order valence-corrected chi connectivity index (χ4v) is 1.07. The molecule has 0 atom stereocenters. The Morgan fingerprint density at radius 1 is 1.57 bits per heavy atom. The van der Waals surface area contributed by atoms with Gasteiger partial charge in [0, 0.05) is 18.0 Å². The van der Waals surface area contributed by atoms with Crippen LogP contribution in [0.1, 0.15) is 11.1 Å². The third-order valence-electron chi connectivity index (χ3n) is 1.58. The number of rotatable bonds is 5. The highest BCUT2D eigenvalue weighted by Gasteiger charge is 1.99. The molecule has 5 heteroatoms. The summed E-state index contributed by atoms with van der Waals surface area (Å²) in [4.78, 5) is 4.30. The summed E-state index contributed by atoms with van der Waals surface area (Å²) in [6.07, 6.45) is 3.29. The van der Waals surface area contributed by atoms with Crippen molar-refractivity contribution in [3.8, 4) is 0 Å². The number of pyridine rings is 1. The summed E-state index contributed by atoms with van der Waals surface area (Å²) in [7, 11) is 0. The van der Waals surface area contributed by atoms with Gasteiger partial charge in [0.05, 0.1) is 19.8 Å². The van der Waals surface area contributed by atoms with E-state index in [2.05, 4.69) is 4.98 Å². The molecule has 0 bridgehead atoms. The minimum atomic E-state index is 0.0163. The summed E-state index contributed by atoms with van der Waals surface area (Å²) in [6, 6.07) is 1.83. The van der Waals surface area contributed by atoms with E-state index in [4.69, 9.17) is 27.8 Å². The topological polar surface area (TPSA) is 68.4 Å². The molecule has 0 spiro atoms. The Morgan fingerprint density at radius 3 is 3.00 bits per heavy atom. The van der Waals surface area contributed by atoms with E-state index in [1.54, 1.807) is 12.4 Å². The van der Waals surface area contributed by atoms with Crippen molar-refractivity contribution < 1.29 is 9.84 Å². The standard InChI is InChI=1S/C9H12N2O2S/c10-9(14)8-3-7(4-11-5-8)6-13-2-1-12/h3-5,12H,1-2,6H2,(H2,10,14). The Kier molecular flexibility index (Phi) is 4.45. The first kappa shape index (κ1) is 11.0. The summed E-state index contributed by atoms with van der Waals surface area (Å²) in [5.74, 6) is 0. The zero-order valence-electron chi connectivity index (χ0n) is 7.64. The molecular formula is C9H12N2O2S. The van der Waals surface area contributed by atoms with Crippen LogP contribution in [0.3, 0.4) is 0 Å². The summed E-state index contributed by atoms with van der Waals surface area (Å²) in [5.41, 5.74) is 7.07. The van der Waals surface area contributed by atoms with Crippen LogP contribution >= 0.6 is 12.2 Å². The maximum Gasteiger partial charge on any atom is 0.105 e. The summed E-state index contributed by atoms with van der Waals surface area (Å²) < 4.78 is 5.13. The fraction of sp³-hybridized carbons (Fsp3) is 0.333. The van der Waals surface area contributed by atoms with Crippen molar-refractivity contribution in [1.29, 1.82) is 0 Å². The van der Waals surface area contributed by atoms with Gasteiger partial charge in [0.15, 0.2) is 0 Å². The quantitative estimate of drug-likeness (QED) is 0.540. The number of nitrogens with two attached hydrogens (primary N) is 1. The molecule has 0 saturated carbocycles. The largest absolute Gasteiger partial charge is 0.394 e. The van der Waals surface area contributed by atoms with Gasteiger partial charge in [-0.05, 0) is 11.6 Å². The first-order valence-electron chi connectivity index (χ1n) is 4.16. The van der Waals surface area contributed by atoms with E-state index in [9.17, 15) is 0 Å². The summed E-state index contributed by atoms with van der Waals surface area (Å²) in [6.45, 7) is 0.740. The average molecular weight is 212 g/mol. The van der Waals surface area contributed by atoms with Gasteiger partial charge in [-0.2, -0.15) is 0 Å². The van der Waals surface area contributed by atoms with Gasteiger partial charge in [-0.25, -0.2) is 0 Å². The molecule has 14 heavy (non-hydrogen) atoms. The maximum atomic E-state index is 8.51. The van der Waals surface area contributed by atoms with Crippen molar-refractivity contribution in [2.24, 2.45) is 5.73 Å². The first-order valence-corrected chi connectivity index (χ1v) is 4.57. The molecule has 0 aromatic carbocycles. The van der Waals surface area contributed by atoms with Crippen molar-refractivity contribution in [3.63, 3.8) is 0 Å². The Morgan fingerprint density at radius 2 is 2.36 bits per heavy atom. The van der Waals surface area contributed by atoms with Gasteiger partial charge in [0.2, 0.25) is 0 Å². The van der Waals surface area contributed by atoms with Crippen LogP contribution in [0, 0.1) is 0 Å². The number of nitrogens with zero attached hydrogens (tertiary/aromatic N) is 1. The second-order valence-corrected chi connectivity index (χ2v) is 3.16. The van der Waals surface area contributed by atoms with E-state index in [0.29, 0.717) is 18.2 Å². The lowest BCUT2D eigenvalue weighted by molar-refractivity contribution is 0.0814. The molecule has 0 amide bonds. The Bertz CT molecular complexity index is 317. The van der Waals surface area contributed by atoms with Crippen LogP contribution in [0.2, 0.25) is 0 Å². The minimum Gasteiger partial charge on any atom is -0.394 e. The highest BCUT2D eigenvalue weighted by atomic mass is 32.1. The number of thiocarbonyl (C=S) groups is 1. The van der Waals surface area contributed by atoms with Crippen LogP contribution in [0.5, 0.6) is 0 Å². The van der Waals surface area contributed by atoms with E-state index in [-0.39, 0.29) is 6.61 Å². The van der Waals surface area contributed by atoms with Crippen molar-refractivity contribution in [1.82, 2.24) is 4.98 Å². The third-order valence-corrected chi connectivity index (χ3v) is 1.82. The normalized spacial score (nSPS) is 10.1. The van der Waals surface area contributed by atoms with Gasteiger partial charge in [-0.1, -0.05) is 12.2 Å². The fourth-order valence-electron chi connectivity index (χ4n) is 0.956. The molecule has 76 valence electrons. The Balaban J connectivity index is 2.59. The molecule has 1 aromatic rings. The predicted molar refractivity (Wildman–Crippen MR) is 56.9 cm³/mol. The van der Waals surface area contributed by atoms with E-state index in [1.807, 2.05) is 6.07 Å². The van der Waals surface area contributed by atoms with Crippen LogP contribution in [-0.4, -0.2) is 28.3 Å². The molecule has 4 nitrogen and oxygen atoms in total. The number of aromatic nitrogens is 1. The molecule has 0 radical (unpaired) electrons. The van der Waals surface area contributed by atoms with Gasteiger partial charge in [-0.15, -0.1) is 0 Å². The molecule has 0 fully saturated rings. The number of hydrogen-bond donors (Lipinski definition) is 2. The van der Waals surface area contributed by atoms with E-state index in [0.717, 1.165) is 11.1 Å². The number of aliphatic hydroxyl groups is 1. The molecule has 0 aliphatic heterocycles. The lowest BCUT2D eigenvalue weighted by Gasteiger charge is -2.03. The second kappa shape index (κ2) is 5.64. The van der Waals surface area contributed by atoms with Crippen LogP contribution < -0.4 is 5.73 Å². The molecule has 0 saturated heterocycles. The van der Waals surface area contributed by atoms with Gasteiger partial charge in [-0.3, -0.25) is 4.98 Å². The first-order chi connectivity index (χ1) is 6.74. The highest BCUT2D eigenvalue weighted by Crippen LogP contribution is 2.03. The van der Waals surface area contributed by atoms with Gasteiger partial charge in [0.25, 0.3) is 0 Å². The lowest BCUT2D eigenvalue weighted by Crippen LogP contribution is -2.10. The zero-order valence-corrected chi connectivity index (χ0v) is 8.46. The highest BCUT2D eigenvalue weighted by molar-refractivity contribution is 7.80. The Labute approximate surface area is 87.7 Å². The molecule has 0 unspecified atom stereocenters. The molecule has 3 N–H and O–H groups in total. The molecule has 0 aliphatic rings. The molecular weight excluding hydrogens is 200 g/mol. The van der Waals surface area contributed by atoms with E-state index in [1.165, 1.54) is 0 Å². The van der Waals surface area contributed by atoms with Crippen molar-refractivity contribution in [3.05, 3.63) is 29.6 Å². The zero-order chi connectivity index (χ0) is 10.4. The van der Waals surface area contributed by atoms with Crippen LogP contribution in [-0.2, 0) is 11.3 Å². The molecule has 1 aromatic heterocycles. The molecule has 1 rings (SSSR count). The number of aliphatic hydroxyl groups excluding tert-OH is 1. The van der Waals surface area contributed by atoms with Crippen LogP contribution in [0.4, 0.5) is 0 Å². The van der Waals surface area contributed by atoms with Crippen LogP contribution in [0.25, 0.3) is 0 Å². The van der Waals surface area contributed by atoms with Gasteiger partial charge >= 0.3 is 0 Å². The summed E-state index contributed by atoms with van der Waals surface area (Å²) in [5, 5.41) is 8.51. The predicted octanol–water partition coefficient (Wildman–Crippen LogP) is 0.225. The van der Waals surface area contributed by atoms with E-state index >= 15 is 0 Å². The monoisotopic (exact) mass is 212 g/mol. The average Bonchev–Trinajstić information content (AvgIpc) is 2.19. The molecule has 1 heterocycles. The maximum absolute atomic E-state index is 8.51. The van der Waals surface area contributed by atoms with Crippen molar-refractivity contribution in [2.45, 2.75) is 6.61 Å². The smallest absolute Gasteiger partial charge is 0.105 e. The minimum absolute atomic E-state index is 0.0163. The summed E-state index contributed by atoms with van der Waals surface area (Å²) >= 11 is 4.81. The second-order valence-electron chi connectivity index (χ2n) is 2.72. The van der Waals surface area contributed by atoms with Gasteiger partial charge < -0.3 is 15.6 Å². The molecule has 0 aliphatic carbocycles.